The van der Waals surface area contributed by atoms with Crippen LogP contribution in [0.3, 0.4) is 0 Å². The van der Waals surface area contributed by atoms with Gasteiger partial charge in [-0.1, -0.05) is 42.5 Å². The summed E-state index contributed by atoms with van der Waals surface area (Å²) >= 11 is 0. The van der Waals surface area contributed by atoms with Crippen LogP contribution in [-0.2, 0) is 10.0 Å². The standard InChI is InChI=1S/C19H19N3O2S/c20-16-9-10-22(13-16)25(23,24)18-8-4-7-15-11-21-12-17(19(15)18)14-5-2-1-3-6-14/h1-8,11-12,16H,9-10,13,20H2/t16-/m0/s1. The van der Waals surface area contributed by atoms with E-state index >= 15 is 0 Å². The average molecular weight is 353 g/mol. The van der Waals surface area contributed by atoms with Gasteiger partial charge in [-0.25, -0.2) is 8.42 Å². The molecule has 0 radical (unpaired) electrons. The lowest BCUT2D eigenvalue weighted by molar-refractivity contribution is 0.473. The van der Waals surface area contributed by atoms with Crippen LogP contribution in [0.4, 0.5) is 0 Å². The monoisotopic (exact) mass is 353 g/mol. The van der Waals surface area contributed by atoms with Crippen molar-refractivity contribution in [2.75, 3.05) is 13.1 Å². The van der Waals surface area contributed by atoms with E-state index in [1.54, 1.807) is 24.5 Å². The zero-order chi connectivity index (χ0) is 17.4. The van der Waals surface area contributed by atoms with Crippen LogP contribution in [0, 0.1) is 0 Å². The molecule has 0 bridgehead atoms. The predicted octanol–water partition coefficient (Wildman–Crippen LogP) is 2.62. The van der Waals surface area contributed by atoms with Gasteiger partial charge in [0, 0.05) is 47.9 Å². The first kappa shape index (κ1) is 16.2. The van der Waals surface area contributed by atoms with Gasteiger partial charge in [0.05, 0.1) is 4.90 Å². The van der Waals surface area contributed by atoms with Gasteiger partial charge in [-0.3, -0.25) is 4.98 Å². The second kappa shape index (κ2) is 6.22. The molecule has 0 spiro atoms. The van der Waals surface area contributed by atoms with E-state index in [2.05, 4.69) is 4.98 Å². The molecule has 2 heterocycles. The van der Waals surface area contributed by atoms with Crippen molar-refractivity contribution in [1.29, 1.82) is 0 Å². The van der Waals surface area contributed by atoms with Gasteiger partial charge in [0.15, 0.2) is 0 Å². The van der Waals surface area contributed by atoms with Crippen molar-refractivity contribution in [3.05, 3.63) is 60.9 Å². The van der Waals surface area contributed by atoms with Crippen LogP contribution in [0.2, 0.25) is 0 Å². The fraction of sp³-hybridized carbons (Fsp3) is 0.211. The zero-order valence-corrected chi connectivity index (χ0v) is 14.5. The second-order valence-electron chi connectivity index (χ2n) is 6.32. The van der Waals surface area contributed by atoms with E-state index < -0.39 is 10.0 Å². The molecule has 1 fully saturated rings. The molecular weight excluding hydrogens is 334 g/mol. The lowest BCUT2D eigenvalue weighted by Gasteiger charge is -2.18. The third-order valence-corrected chi connectivity index (χ3v) is 6.54. The van der Waals surface area contributed by atoms with Crippen molar-refractivity contribution < 1.29 is 8.42 Å². The van der Waals surface area contributed by atoms with Gasteiger partial charge >= 0.3 is 0 Å². The van der Waals surface area contributed by atoms with Gasteiger partial charge in [-0.2, -0.15) is 4.31 Å². The van der Waals surface area contributed by atoms with E-state index in [1.807, 2.05) is 36.4 Å². The summed E-state index contributed by atoms with van der Waals surface area (Å²) in [5.41, 5.74) is 7.68. The molecular formula is C19H19N3O2S. The van der Waals surface area contributed by atoms with Crippen molar-refractivity contribution in [3.8, 4) is 11.1 Å². The maximum atomic E-state index is 13.2. The van der Waals surface area contributed by atoms with E-state index in [0.717, 1.165) is 16.5 Å². The number of rotatable bonds is 3. The number of hydrogen-bond acceptors (Lipinski definition) is 4. The number of benzene rings is 2. The van der Waals surface area contributed by atoms with E-state index in [1.165, 1.54) is 4.31 Å². The van der Waals surface area contributed by atoms with Crippen LogP contribution in [0.5, 0.6) is 0 Å². The van der Waals surface area contributed by atoms with Crippen molar-refractivity contribution in [3.63, 3.8) is 0 Å². The summed E-state index contributed by atoms with van der Waals surface area (Å²) in [5, 5.41) is 1.52. The number of nitrogens with two attached hydrogens (primary N) is 1. The van der Waals surface area contributed by atoms with Gasteiger partial charge in [-0.15, -0.1) is 0 Å². The van der Waals surface area contributed by atoms with Gasteiger partial charge in [0.25, 0.3) is 0 Å². The Morgan fingerprint density at radius 2 is 1.84 bits per heavy atom. The number of aromatic nitrogens is 1. The quantitative estimate of drug-likeness (QED) is 0.785. The van der Waals surface area contributed by atoms with E-state index in [4.69, 9.17) is 5.73 Å². The van der Waals surface area contributed by atoms with Gasteiger partial charge in [-0.05, 0) is 18.1 Å². The molecule has 1 saturated heterocycles. The third kappa shape index (κ3) is 2.82. The maximum absolute atomic E-state index is 13.2. The van der Waals surface area contributed by atoms with Gasteiger partial charge < -0.3 is 5.73 Å². The highest BCUT2D eigenvalue weighted by atomic mass is 32.2. The number of sulfonamides is 1. The van der Waals surface area contributed by atoms with Crippen LogP contribution in [0.15, 0.2) is 65.8 Å². The maximum Gasteiger partial charge on any atom is 0.243 e. The predicted molar refractivity (Wildman–Crippen MR) is 98.5 cm³/mol. The minimum atomic E-state index is -3.60. The number of fused-ring (bicyclic) bond motifs is 1. The molecule has 6 heteroatoms. The minimum absolute atomic E-state index is 0.0972. The van der Waals surface area contributed by atoms with Crippen molar-refractivity contribution in [2.45, 2.75) is 17.4 Å². The summed E-state index contributed by atoms with van der Waals surface area (Å²) in [6.45, 7) is 0.829. The van der Waals surface area contributed by atoms with E-state index in [0.29, 0.717) is 29.8 Å². The summed E-state index contributed by atoms with van der Waals surface area (Å²) < 4.78 is 27.9. The van der Waals surface area contributed by atoms with E-state index in [9.17, 15) is 8.42 Å². The Morgan fingerprint density at radius 3 is 2.56 bits per heavy atom. The molecule has 0 saturated carbocycles. The number of nitrogens with zero attached hydrogens (tertiary/aromatic N) is 2. The molecule has 0 amide bonds. The Kier molecular flexibility index (Phi) is 4.03. The first-order valence-corrected chi connectivity index (χ1v) is 9.69. The number of hydrogen-bond donors (Lipinski definition) is 1. The third-order valence-electron chi connectivity index (χ3n) is 4.64. The summed E-state index contributed by atoms with van der Waals surface area (Å²) in [6, 6.07) is 15.0. The Labute approximate surface area is 147 Å². The van der Waals surface area contributed by atoms with Crippen LogP contribution < -0.4 is 5.73 Å². The largest absolute Gasteiger partial charge is 0.326 e. The zero-order valence-electron chi connectivity index (χ0n) is 13.7. The highest BCUT2D eigenvalue weighted by Gasteiger charge is 2.32. The molecule has 1 aromatic heterocycles. The van der Waals surface area contributed by atoms with Crippen molar-refractivity contribution in [1.82, 2.24) is 9.29 Å². The average Bonchev–Trinajstić information content (AvgIpc) is 3.08. The summed E-state index contributed by atoms with van der Waals surface area (Å²) in [6.07, 6.45) is 4.13. The van der Waals surface area contributed by atoms with E-state index in [-0.39, 0.29) is 6.04 Å². The Bertz CT molecular complexity index is 1010. The molecule has 0 unspecified atom stereocenters. The first-order chi connectivity index (χ1) is 12.1. The highest BCUT2D eigenvalue weighted by molar-refractivity contribution is 7.89. The molecule has 1 aliphatic heterocycles. The minimum Gasteiger partial charge on any atom is -0.326 e. The van der Waals surface area contributed by atoms with Gasteiger partial charge in [0.2, 0.25) is 10.0 Å². The van der Waals surface area contributed by atoms with Crippen LogP contribution in [0.1, 0.15) is 6.42 Å². The normalized spacial score (nSPS) is 18.7. The summed E-state index contributed by atoms with van der Waals surface area (Å²) in [5.74, 6) is 0. The van der Waals surface area contributed by atoms with Crippen LogP contribution in [0.25, 0.3) is 21.9 Å². The molecule has 2 aromatic carbocycles. The molecule has 1 aliphatic rings. The molecule has 25 heavy (non-hydrogen) atoms. The molecule has 1 atom stereocenters. The lowest BCUT2D eigenvalue weighted by atomic mass is 10.0. The van der Waals surface area contributed by atoms with Crippen LogP contribution in [-0.4, -0.2) is 36.8 Å². The molecule has 3 aromatic rings. The Balaban J connectivity index is 1.96. The van der Waals surface area contributed by atoms with Crippen molar-refractivity contribution >= 4 is 20.8 Å². The van der Waals surface area contributed by atoms with Crippen LogP contribution >= 0.6 is 0 Å². The Morgan fingerprint density at radius 1 is 1.04 bits per heavy atom. The molecule has 5 nitrogen and oxygen atoms in total. The highest BCUT2D eigenvalue weighted by Crippen LogP contribution is 2.34. The lowest BCUT2D eigenvalue weighted by Crippen LogP contribution is -2.32. The molecule has 2 N–H and O–H groups in total. The van der Waals surface area contributed by atoms with Gasteiger partial charge in [0.1, 0.15) is 0 Å². The van der Waals surface area contributed by atoms with Crippen molar-refractivity contribution in [2.24, 2.45) is 5.73 Å². The summed E-state index contributed by atoms with van der Waals surface area (Å²) in [7, 11) is -3.60. The molecule has 4 rings (SSSR count). The topological polar surface area (TPSA) is 76.3 Å². The fourth-order valence-corrected chi connectivity index (χ4v) is 5.11. The first-order valence-electron chi connectivity index (χ1n) is 8.25. The fourth-order valence-electron chi connectivity index (χ4n) is 3.36. The SMILES string of the molecule is N[C@H]1CCN(S(=O)(=O)c2cccc3cncc(-c4ccccc4)c23)C1. The summed E-state index contributed by atoms with van der Waals surface area (Å²) in [4.78, 5) is 4.61. The molecule has 0 aliphatic carbocycles. The molecule has 128 valence electrons. The second-order valence-corrected chi connectivity index (χ2v) is 8.23. The Hall–Kier alpha value is -2.28. The smallest absolute Gasteiger partial charge is 0.243 e. The number of pyridine rings is 1.